The normalized spacial score (nSPS) is 16.1. The van der Waals surface area contributed by atoms with Gasteiger partial charge in [-0.2, -0.15) is 0 Å². The topological polar surface area (TPSA) is 58.9 Å². The van der Waals surface area contributed by atoms with Crippen molar-refractivity contribution >= 4 is 17.8 Å². The number of phenolic OH excluding ortho intramolecular Hbond substituents is 1. The van der Waals surface area contributed by atoms with Crippen LogP contribution in [0.1, 0.15) is 11.1 Å². The van der Waals surface area contributed by atoms with Crippen molar-refractivity contribution in [2.24, 2.45) is 5.16 Å². The Balaban J connectivity index is 2.05. The van der Waals surface area contributed by atoms with E-state index in [4.69, 9.17) is 4.84 Å². The van der Waals surface area contributed by atoms with Gasteiger partial charge in [-0.15, -0.1) is 0 Å². The molecule has 3 rings (SSSR count). The van der Waals surface area contributed by atoms with Crippen molar-refractivity contribution in [1.82, 2.24) is 0 Å². The number of hydrogen-bond acceptors (Lipinski definition) is 4. The summed E-state index contributed by atoms with van der Waals surface area (Å²) in [5.74, 6) is -0.417. The first-order valence-electron chi connectivity index (χ1n) is 6.10. The number of nitrogens with zero attached hydrogens (tertiary/aromatic N) is 1. The lowest BCUT2D eigenvalue weighted by atomic mass is 10.0. The number of rotatable bonds is 2. The average Bonchev–Trinajstić information content (AvgIpc) is 2.84. The van der Waals surface area contributed by atoms with E-state index < -0.39 is 5.97 Å². The molecule has 20 heavy (non-hydrogen) atoms. The molecule has 1 N–H and O–H groups in total. The number of phenols is 1. The molecule has 0 saturated carbocycles. The number of aromatic hydroxyl groups is 1. The standard InChI is InChI=1S/C16H11NO3/c18-14-9-5-4-8-12(14)10-13-15(17-20-16(13)19)11-6-2-1-3-7-11/h1-10,18H/b13-10+. The van der Waals surface area contributed by atoms with Gasteiger partial charge < -0.3 is 9.94 Å². The molecule has 0 radical (unpaired) electrons. The molecule has 0 fully saturated rings. The van der Waals surface area contributed by atoms with E-state index in [-0.39, 0.29) is 5.75 Å². The number of hydrogen-bond donors (Lipinski definition) is 1. The van der Waals surface area contributed by atoms with Crippen molar-refractivity contribution < 1.29 is 14.7 Å². The van der Waals surface area contributed by atoms with E-state index in [1.165, 1.54) is 0 Å². The molecule has 0 amide bonds. The molecule has 4 heteroatoms. The highest BCUT2D eigenvalue weighted by molar-refractivity contribution is 6.31. The van der Waals surface area contributed by atoms with Gasteiger partial charge in [0.2, 0.25) is 0 Å². The third-order valence-corrected chi connectivity index (χ3v) is 2.98. The summed E-state index contributed by atoms with van der Waals surface area (Å²) < 4.78 is 0. The molecular weight excluding hydrogens is 254 g/mol. The molecule has 0 aliphatic carbocycles. The van der Waals surface area contributed by atoms with Crippen LogP contribution in [-0.4, -0.2) is 16.8 Å². The second-order valence-electron chi connectivity index (χ2n) is 4.30. The number of para-hydroxylation sites is 1. The average molecular weight is 265 g/mol. The van der Waals surface area contributed by atoms with Crippen LogP contribution in [0.5, 0.6) is 5.75 Å². The zero-order chi connectivity index (χ0) is 13.9. The molecule has 0 spiro atoms. The van der Waals surface area contributed by atoms with E-state index in [0.717, 1.165) is 5.56 Å². The SMILES string of the molecule is O=C1ON=C(c2ccccc2)/C1=C\c1ccccc1O. The second kappa shape index (κ2) is 5.01. The van der Waals surface area contributed by atoms with E-state index in [1.54, 1.807) is 30.3 Å². The first-order valence-corrected chi connectivity index (χ1v) is 6.10. The maximum absolute atomic E-state index is 11.8. The van der Waals surface area contributed by atoms with Gasteiger partial charge in [0.05, 0.1) is 5.57 Å². The lowest BCUT2D eigenvalue weighted by Crippen LogP contribution is -2.06. The minimum absolute atomic E-state index is 0.104. The van der Waals surface area contributed by atoms with Crippen LogP contribution in [-0.2, 0) is 9.63 Å². The van der Waals surface area contributed by atoms with Gasteiger partial charge in [-0.3, -0.25) is 0 Å². The Bertz CT molecular complexity index is 718. The molecular formula is C16H11NO3. The summed E-state index contributed by atoms with van der Waals surface area (Å²) in [6.07, 6.45) is 1.58. The van der Waals surface area contributed by atoms with E-state index in [2.05, 4.69) is 5.16 Å². The van der Waals surface area contributed by atoms with E-state index >= 15 is 0 Å². The zero-order valence-electron chi connectivity index (χ0n) is 10.5. The molecule has 2 aromatic rings. The second-order valence-corrected chi connectivity index (χ2v) is 4.30. The van der Waals surface area contributed by atoms with Crippen LogP contribution in [0.25, 0.3) is 6.08 Å². The number of benzene rings is 2. The van der Waals surface area contributed by atoms with Gasteiger partial charge >= 0.3 is 5.97 Å². The Morgan fingerprint density at radius 1 is 1.00 bits per heavy atom. The van der Waals surface area contributed by atoms with E-state index in [0.29, 0.717) is 16.8 Å². The molecule has 1 heterocycles. The van der Waals surface area contributed by atoms with Crippen LogP contribution in [0.3, 0.4) is 0 Å². The Morgan fingerprint density at radius 2 is 1.70 bits per heavy atom. The van der Waals surface area contributed by atoms with Crippen molar-refractivity contribution in [1.29, 1.82) is 0 Å². The third-order valence-electron chi connectivity index (χ3n) is 2.98. The highest BCUT2D eigenvalue weighted by Gasteiger charge is 2.26. The fraction of sp³-hybridized carbons (Fsp3) is 0. The molecule has 4 nitrogen and oxygen atoms in total. The minimum Gasteiger partial charge on any atom is -0.507 e. The smallest absolute Gasteiger partial charge is 0.368 e. The van der Waals surface area contributed by atoms with Crippen molar-refractivity contribution in [2.45, 2.75) is 0 Å². The maximum Gasteiger partial charge on any atom is 0.368 e. The summed E-state index contributed by atoms with van der Waals surface area (Å²) in [6.45, 7) is 0. The predicted molar refractivity (Wildman–Crippen MR) is 75.2 cm³/mol. The van der Waals surface area contributed by atoms with Crippen LogP contribution in [0.4, 0.5) is 0 Å². The van der Waals surface area contributed by atoms with Crippen LogP contribution >= 0.6 is 0 Å². The lowest BCUT2D eigenvalue weighted by Gasteiger charge is -2.01. The summed E-state index contributed by atoms with van der Waals surface area (Å²) in [4.78, 5) is 16.5. The molecule has 0 aromatic heterocycles. The van der Waals surface area contributed by atoms with Crippen LogP contribution in [0, 0.1) is 0 Å². The Labute approximate surface area is 115 Å². The van der Waals surface area contributed by atoms with Gasteiger partial charge in [-0.05, 0) is 12.1 Å². The first kappa shape index (κ1) is 12.2. The highest BCUT2D eigenvalue weighted by Crippen LogP contribution is 2.24. The third kappa shape index (κ3) is 2.19. The summed E-state index contributed by atoms with van der Waals surface area (Å²) in [6, 6.07) is 16.1. The minimum atomic E-state index is -0.521. The molecule has 0 unspecified atom stereocenters. The zero-order valence-corrected chi connectivity index (χ0v) is 10.5. The van der Waals surface area contributed by atoms with Gasteiger partial charge in [0.25, 0.3) is 0 Å². The molecule has 0 atom stereocenters. The van der Waals surface area contributed by atoms with Crippen LogP contribution < -0.4 is 0 Å². The monoisotopic (exact) mass is 265 g/mol. The lowest BCUT2D eigenvalue weighted by molar-refractivity contribution is -0.136. The Kier molecular flexibility index (Phi) is 3.05. The summed E-state index contributed by atoms with van der Waals surface area (Å²) >= 11 is 0. The van der Waals surface area contributed by atoms with Gasteiger partial charge in [0, 0.05) is 11.1 Å². The van der Waals surface area contributed by atoms with E-state index in [1.807, 2.05) is 30.3 Å². The Hall–Kier alpha value is -2.88. The largest absolute Gasteiger partial charge is 0.507 e. The predicted octanol–water partition coefficient (Wildman–Crippen LogP) is 2.74. The molecule has 2 aromatic carbocycles. The fourth-order valence-corrected chi connectivity index (χ4v) is 1.98. The van der Waals surface area contributed by atoms with Gasteiger partial charge in [0.1, 0.15) is 11.5 Å². The highest BCUT2D eigenvalue weighted by atomic mass is 16.7. The van der Waals surface area contributed by atoms with Crippen molar-refractivity contribution in [3.05, 3.63) is 71.3 Å². The van der Waals surface area contributed by atoms with Crippen molar-refractivity contribution in [3.8, 4) is 5.75 Å². The maximum atomic E-state index is 11.8. The van der Waals surface area contributed by atoms with Gasteiger partial charge in [-0.1, -0.05) is 53.7 Å². The number of oxime groups is 1. The molecule has 98 valence electrons. The molecule has 0 bridgehead atoms. The quantitative estimate of drug-likeness (QED) is 0.671. The summed E-state index contributed by atoms with van der Waals surface area (Å²) in [7, 11) is 0. The molecule has 1 aliphatic rings. The molecule has 1 aliphatic heterocycles. The van der Waals surface area contributed by atoms with Crippen LogP contribution in [0.15, 0.2) is 65.3 Å². The van der Waals surface area contributed by atoms with Crippen molar-refractivity contribution in [2.75, 3.05) is 0 Å². The number of carbonyl (C=O) groups is 1. The summed E-state index contributed by atoms with van der Waals surface area (Å²) in [5, 5.41) is 13.6. The van der Waals surface area contributed by atoms with Gasteiger partial charge in [-0.25, -0.2) is 4.79 Å². The fourth-order valence-electron chi connectivity index (χ4n) is 1.98. The number of carbonyl (C=O) groups excluding carboxylic acids is 1. The first-order chi connectivity index (χ1) is 9.75. The van der Waals surface area contributed by atoms with Crippen molar-refractivity contribution in [3.63, 3.8) is 0 Å². The molecule has 0 saturated heterocycles. The summed E-state index contributed by atoms with van der Waals surface area (Å²) in [5.41, 5.74) is 2.14. The Morgan fingerprint density at radius 3 is 2.45 bits per heavy atom. The van der Waals surface area contributed by atoms with Gasteiger partial charge in [0.15, 0.2) is 0 Å². The van der Waals surface area contributed by atoms with E-state index in [9.17, 15) is 9.90 Å². The van der Waals surface area contributed by atoms with Crippen LogP contribution in [0.2, 0.25) is 0 Å².